The summed E-state index contributed by atoms with van der Waals surface area (Å²) in [6.45, 7) is 6.81. The second-order valence-electron chi connectivity index (χ2n) is 7.45. The van der Waals surface area contributed by atoms with Crippen LogP contribution in [0.2, 0.25) is 0 Å². The van der Waals surface area contributed by atoms with E-state index in [1.807, 2.05) is 11.3 Å². The fourth-order valence-electron chi connectivity index (χ4n) is 4.48. The first-order valence-corrected chi connectivity index (χ1v) is 9.84. The van der Waals surface area contributed by atoms with E-state index in [4.69, 9.17) is 4.74 Å². The van der Waals surface area contributed by atoms with Crippen LogP contribution in [0.25, 0.3) is 0 Å². The van der Waals surface area contributed by atoms with Gasteiger partial charge in [0.05, 0.1) is 0 Å². The third kappa shape index (κ3) is 4.10. The maximum absolute atomic E-state index is 5.55. The van der Waals surface area contributed by atoms with Gasteiger partial charge in [0, 0.05) is 32.3 Å². The van der Waals surface area contributed by atoms with Gasteiger partial charge >= 0.3 is 0 Å². The molecule has 5 heteroatoms. The predicted molar refractivity (Wildman–Crippen MR) is 98.5 cm³/mol. The first kappa shape index (κ1) is 17.7. The second-order valence-corrected chi connectivity index (χ2v) is 8.23. The van der Waals surface area contributed by atoms with Gasteiger partial charge in [0.15, 0.2) is 0 Å². The van der Waals surface area contributed by atoms with Crippen LogP contribution in [0, 0.1) is 11.3 Å². The van der Waals surface area contributed by atoms with Crippen LogP contribution >= 0.6 is 23.7 Å². The lowest BCUT2D eigenvalue weighted by atomic mass is 9.92. The summed E-state index contributed by atoms with van der Waals surface area (Å²) in [4.78, 5) is 2.82. The Kier molecular flexibility index (Phi) is 6.02. The summed E-state index contributed by atoms with van der Waals surface area (Å²) in [5.41, 5.74) is 2.15. The average Bonchev–Trinajstić information content (AvgIpc) is 2.99. The number of hydrogen-bond donors (Lipinski definition) is 1. The summed E-state index contributed by atoms with van der Waals surface area (Å²) in [5.74, 6) is 0.840. The zero-order valence-electron chi connectivity index (χ0n) is 13.8. The van der Waals surface area contributed by atoms with Crippen LogP contribution in [0.4, 0.5) is 0 Å². The molecule has 2 saturated heterocycles. The third-order valence-corrected chi connectivity index (χ3v) is 6.72. The van der Waals surface area contributed by atoms with E-state index in [9.17, 15) is 0 Å². The second kappa shape index (κ2) is 7.83. The quantitative estimate of drug-likeness (QED) is 0.873. The van der Waals surface area contributed by atoms with Crippen LogP contribution in [-0.4, -0.2) is 43.8 Å². The molecule has 1 aliphatic carbocycles. The summed E-state index contributed by atoms with van der Waals surface area (Å²) >= 11 is 1.83. The molecule has 1 aromatic rings. The minimum atomic E-state index is 0. The number of ether oxygens (including phenoxy) is 1. The molecule has 130 valence electrons. The van der Waals surface area contributed by atoms with Gasteiger partial charge in [-0.15, -0.1) is 12.4 Å². The van der Waals surface area contributed by atoms with E-state index in [0.29, 0.717) is 5.41 Å². The lowest BCUT2D eigenvalue weighted by Gasteiger charge is -2.33. The summed E-state index contributed by atoms with van der Waals surface area (Å²) in [7, 11) is 0. The van der Waals surface area contributed by atoms with E-state index in [2.05, 4.69) is 27.0 Å². The van der Waals surface area contributed by atoms with Gasteiger partial charge in [0.2, 0.25) is 0 Å². The highest BCUT2D eigenvalue weighted by molar-refractivity contribution is 7.07. The molecule has 1 spiro atoms. The van der Waals surface area contributed by atoms with Crippen molar-refractivity contribution in [3.63, 3.8) is 0 Å². The van der Waals surface area contributed by atoms with Gasteiger partial charge in [-0.1, -0.05) is 0 Å². The molecule has 1 aromatic heterocycles. The number of thiophene rings is 1. The van der Waals surface area contributed by atoms with E-state index in [-0.39, 0.29) is 12.4 Å². The first-order chi connectivity index (χ1) is 10.9. The van der Waals surface area contributed by atoms with Crippen LogP contribution < -0.4 is 5.32 Å². The Morgan fingerprint density at radius 1 is 1.26 bits per heavy atom. The van der Waals surface area contributed by atoms with Gasteiger partial charge < -0.3 is 10.1 Å². The molecule has 0 aromatic carbocycles. The van der Waals surface area contributed by atoms with Gasteiger partial charge in [-0.25, -0.2) is 0 Å². The van der Waals surface area contributed by atoms with Crippen LogP contribution in [0.3, 0.4) is 0 Å². The highest BCUT2D eigenvalue weighted by atomic mass is 35.5. The van der Waals surface area contributed by atoms with Crippen molar-refractivity contribution >= 4 is 23.7 Å². The number of nitrogens with zero attached hydrogens (tertiary/aromatic N) is 1. The highest BCUT2D eigenvalue weighted by Crippen LogP contribution is 2.56. The maximum atomic E-state index is 5.55. The molecule has 0 bridgehead atoms. The Bertz CT molecular complexity index is 469. The smallest absolute Gasteiger partial charge is 0.0469 e. The van der Waals surface area contributed by atoms with Crippen LogP contribution in [-0.2, 0) is 11.3 Å². The van der Waals surface area contributed by atoms with Crippen LogP contribution in [0.5, 0.6) is 0 Å². The molecular weight excluding hydrogens is 328 g/mol. The number of hydrogen-bond acceptors (Lipinski definition) is 4. The van der Waals surface area contributed by atoms with Crippen LogP contribution in [0.1, 0.15) is 37.7 Å². The van der Waals surface area contributed by atoms with E-state index < -0.39 is 0 Å². The van der Waals surface area contributed by atoms with Crippen molar-refractivity contribution in [1.82, 2.24) is 10.2 Å². The summed E-state index contributed by atoms with van der Waals surface area (Å²) in [6, 6.07) is 3.14. The minimum Gasteiger partial charge on any atom is -0.381 e. The Morgan fingerprint density at radius 2 is 2.04 bits per heavy atom. The van der Waals surface area contributed by atoms with Crippen molar-refractivity contribution in [1.29, 1.82) is 0 Å². The fourth-order valence-corrected chi connectivity index (χ4v) is 5.14. The van der Waals surface area contributed by atoms with E-state index in [0.717, 1.165) is 31.7 Å². The number of rotatable bonds is 5. The zero-order chi connectivity index (χ0) is 14.8. The number of piperidine rings is 1. The summed E-state index contributed by atoms with van der Waals surface area (Å²) < 4.78 is 5.55. The molecule has 3 nitrogen and oxygen atoms in total. The predicted octanol–water partition coefficient (Wildman–Crippen LogP) is 3.54. The molecule has 3 fully saturated rings. The van der Waals surface area contributed by atoms with Crippen molar-refractivity contribution in [3.8, 4) is 0 Å². The highest BCUT2D eigenvalue weighted by Gasteiger charge is 2.56. The van der Waals surface area contributed by atoms with Gasteiger partial charge in [-0.3, -0.25) is 4.90 Å². The van der Waals surface area contributed by atoms with Gasteiger partial charge in [-0.05, 0) is 78.9 Å². The Balaban J connectivity index is 0.00000156. The van der Waals surface area contributed by atoms with Gasteiger partial charge in [-0.2, -0.15) is 11.3 Å². The third-order valence-electron chi connectivity index (χ3n) is 5.99. The van der Waals surface area contributed by atoms with E-state index in [1.165, 1.54) is 57.3 Å². The average molecular weight is 357 g/mol. The van der Waals surface area contributed by atoms with E-state index in [1.54, 1.807) is 0 Å². The zero-order valence-corrected chi connectivity index (χ0v) is 15.5. The Labute approximate surface area is 150 Å². The number of nitrogens with one attached hydrogen (secondary N) is 1. The lowest BCUT2D eigenvalue weighted by molar-refractivity contribution is 0.0468. The molecule has 1 unspecified atom stereocenters. The molecule has 3 heterocycles. The first-order valence-electron chi connectivity index (χ1n) is 8.89. The molecular formula is C18H29ClN2OS. The molecule has 23 heavy (non-hydrogen) atoms. The summed E-state index contributed by atoms with van der Waals surface area (Å²) in [5, 5.41) is 8.08. The monoisotopic (exact) mass is 356 g/mol. The summed E-state index contributed by atoms with van der Waals surface area (Å²) in [6.07, 6.45) is 6.70. The maximum Gasteiger partial charge on any atom is 0.0469 e. The molecule has 1 N–H and O–H groups in total. The Hall–Kier alpha value is -0.130. The molecule has 4 rings (SSSR count). The molecule has 1 saturated carbocycles. The van der Waals surface area contributed by atoms with Crippen molar-refractivity contribution in [2.75, 3.05) is 32.8 Å². The fraction of sp³-hybridized carbons (Fsp3) is 0.778. The van der Waals surface area contributed by atoms with Crippen molar-refractivity contribution in [2.45, 2.75) is 44.7 Å². The van der Waals surface area contributed by atoms with Gasteiger partial charge in [0.1, 0.15) is 0 Å². The standard InChI is InChI=1S/C18H28N2OS.ClH/c1-8-21-9-2-15(1)12-20(13-16-3-10-22-14-16)17-11-18(17)4-6-19-7-5-18;/h3,10,14-15,17,19H,1-2,4-9,11-13H2;1H. The van der Waals surface area contributed by atoms with Gasteiger partial charge in [0.25, 0.3) is 0 Å². The molecule has 1 atom stereocenters. The Morgan fingerprint density at radius 3 is 2.74 bits per heavy atom. The SMILES string of the molecule is Cl.c1cc(CN(CC2CCOCC2)C2CC23CCNCC3)cs1. The van der Waals surface area contributed by atoms with Crippen molar-refractivity contribution in [2.24, 2.45) is 11.3 Å². The lowest BCUT2D eigenvalue weighted by Crippen LogP contribution is -2.39. The normalized spacial score (nSPS) is 27.1. The topological polar surface area (TPSA) is 24.5 Å². The molecule has 0 radical (unpaired) electrons. The minimum absolute atomic E-state index is 0. The molecule has 0 amide bonds. The largest absolute Gasteiger partial charge is 0.381 e. The van der Waals surface area contributed by atoms with E-state index >= 15 is 0 Å². The van der Waals surface area contributed by atoms with Crippen LogP contribution in [0.15, 0.2) is 16.8 Å². The van der Waals surface area contributed by atoms with Crippen molar-refractivity contribution in [3.05, 3.63) is 22.4 Å². The molecule has 3 aliphatic rings. The molecule has 2 aliphatic heterocycles. The van der Waals surface area contributed by atoms with Crippen molar-refractivity contribution < 1.29 is 4.74 Å². The number of halogens is 1.